The second-order valence-electron chi connectivity index (χ2n) is 6.34. The molecule has 0 aliphatic carbocycles. The van der Waals surface area contributed by atoms with Gasteiger partial charge >= 0.3 is 11.9 Å². The molecule has 0 N–H and O–H groups in total. The molecule has 1 aliphatic rings. The van der Waals surface area contributed by atoms with E-state index in [0.717, 1.165) is 19.4 Å². The van der Waals surface area contributed by atoms with Crippen molar-refractivity contribution in [2.24, 2.45) is 5.92 Å². The predicted molar refractivity (Wildman–Crippen MR) is 76.2 cm³/mol. The molecule has 5 nitrogen and oxygen atoms in total. The fraction of sp³-hybridized carbons (Fsp3) is 0.867. The first-order chi connectivity index (χ1) is 9.24. The van der Waals surface area contributed by atoms with E-state index >= 15 is 0 Å². The van der Waals surface area contributed by atoms with Gasteiger partial charge in [0.1, 0.15) is 11.6 Å². The Balaban J connectivity index is 2.57. The second kappa shape index (κ2) is 7.07. The zero-order chi connectivity index (χ0) is 15.3. The molecular formula is C15H27NO4. The van der Waals surface area contributed by atoms with E-state index in [-0.39, 0.29) is 23.9 Å². The van der Waals surface area contributed by atoms with E-state index in [1.807, 2.05) is 32.6 Å². The summed E-state index contributed by atoms with van der Waals surface area (Å²) >= 11 is 0. The van der Waals surface area contributed by atoms with E-state index in [0.29, 0.717) is 13.2 Å². The van der Waals surface area contributed by atoms with Crippen molar-refractivity contribution in [3.8, 4) is 0 Å². The first kappa shape index (κ1) is 17.0. The predicted octanol–water partition coefficient (Wildman–Crippen LogP) is 1.99. The van der Waals surface area contributed by atoms with Gasteiger partial charge in [-0.15, -0.1) is 0 Å². The van der Waals surface area contributed by atoms with Gasteiger partial charge in [0.25, 0.3) is 0 Å². The monoisotopic (exact) mass is 285 g/mol. The highest BCUT2D eigenvalue weighted by atomic mass is 16.6. The van der Waals surface area contributed by atoms with Crippen molar-refractivity contribution in [3.63, 3.8) is 0 Å². The van der Waals surface area contributed by atoms with E-state index in [9.17, 15) is 9.59 Å². The van der Waals surface area contributed by atoms with Crippen molar-refractivity contribution in [2.45, 2.75) is 59.1 Å². The SMILES string of the molecule is CCOC(=O)C(C)CN1CCC[C@@H]1C(=O)OC(C)(C)C. The highest BCUT2D eigenvalue weighted by molar-refractivity contribution is 5.77. The molecule has 0 bridgehead atoms. The number of esters is 2. The van der Waals surface area contributed by atoms with Crippen LogP contribution < -0.4 is 0 Å². The van der Waals surface area contributed by atoms with Crippen LogP contribution >= 0.6 is 0 Å². The van der Waals surface area contributed by atoms with Crippen molar-refractivity contribution in [1.29, 1.82) is 0 Å². The maximum atomic E-state index is 12.2. The van der Waals surface area contributed by atoms with Crippen molar-refractivity contribution >= 4 is 11.9 Å². The number of nitrogens with zero attached hydrogens (tertiary/aromatic N) is 1. The smallest absolute Gasteiger partial charge is 0.323 e. The Labute approximate surface area is 121 Å². The lowest BCUT2D eigenvalue weighted by Crippen LogP contribution is -2.43. The van der Waals surface area contributed by atoms with Crippen LogP contribution in [0.5, 0.6) is 0 Å². The van der Waals surface area contributed by atoms with E-state index in [2.05, 4.69) is 0 Å². The van der Waals surface area contributed by atoms with E-state index in [1.54, 1.807) is 6.92 Å². The Morgan fingerprint density at radius 2 is 2.00 bits per heavy atom. The number of carbonyl (C=O) groups excluding carboxylic acids is 2. The summed E-state index contributed by atoms with van der Waals surface area (Å²) in [5.41, 5.74) is -0.474. The standard InChI is InChI=1S/C15H27NO4/c1-6-19-13(17)11(2)10-16-9-7-8-12(16)14(18)20-15(3,4)5/h11-12H,6-10H2,1-5H3/t11?,12-/m1/s1. The number of likely N-dealkylation sites (tertiary alicyclic amines) is 1. The summed E-state index contributed by atoms with van der Waals surface area (Å²) < 4.78 is 10.5. The Morgan fingerprint density at radius 1 is 1.35 bits per heavy atom. The zero-order valence-corrected chi connectivity index (χ0v) is 13.3. The topological polar surface area (TPSA) is 55.8 Å². The van der Waals surface area contributed by atoms with Crippen molar-refractivity contribution in [2.75, 3.05) is 19.7 Å². The molecule has 0 aromatic heterocycles. The van der Waals surface area contributed by atoms with Crippen LogP contribution in [0.3, 0.4) is 0 Å². The zero-order valence-electron chi connectivity index (χ0n) is 13.3. The maximum Gasteiger partial charge on any atom is 0.323 e. The molecule has 2 atom stereocenters. The number of rotatable bonds is 5. The molecule has 1 saturated heterocycles. The van der Waals surface area contributed by atoms with Gasteiger partial charge in [-0.05, 0) is 47.1 Å². The van der Waals surface area contributed by atoms with Crippen LogP contribution in [-0.4, -0.2) is 48.2 Å². The lowest BCUT2D eigenvalue weighted by molar-refractivity contribution is -0.161. The van der Waals surface area contributed by atoms with Crippen LogP contribution in [0.15, 0.2) is 0 Å². The van der Waals surface area contributed by atoms with Gasteiger partial charge in [0.15, 0.2) is 0 Å². The molecule has 1 heterocycles. The Hall–Kier alpha value is -1.10. The summed E-state index contributed by atoms with van der Waals surface area (Å²) in [7, 11) is 0. The van der Waals surface area contributed by atoms with Crippen molar-refractivity contribution < 1.29 is 19.1 Å². The highest BCUT2D eigenvalue weighted by Crippen LogP contribution is 2.22. The molecule has 1 rings (SSSR count). The maximum absolute atomic E-state index is 12.2. The normalized spacial score (nSPS) is 21.6. The molecule has 20 heavy (non-hydrogen) atoms. The fourth-order valence-corrected chi connectivity index (χ4v) is 2.39. The molecule has 0 aromatic carbocycles. The highest BCUT2D eigenvalue weighted by Gasteiger charge is 2.35. The molecule has 116 valence electrons. The van der Waals surface area contributed by atoms with Crippen molar-refractivity contribution in [3.05, 3.63) is 0 Å². The molecule has 0 amide bonds. The third-order valence-electron chi connectivity index (χ3n) is 3.24. The van der Waals surface area contributed by atoms with E-state index < -0.39 is 5.60 Å². The van der Waals surface area contributed by atoms with Gasteiger partial charge in [-0.1, -0.05) is 6.92 Å². The summed E-state index contributed by atoms with van der Waals surface area (Å²) in [6, 6.07) is -0.230. The van der Waals surface area contributed by atoms with Gasteiger partial charge < -0.3 is 9.47 Å². The molecule has 5 heteroatoms. The minimum absolute atomic E-state index is 0.189. The Bertz CT molecular complexity index is 348. The molecule has 0 saturated carbocycles. The van der Waals surface area contributed by atoms with Crippen LogP contribution in [0.4, 0.5) is 0 Å². The van der Waals surface area contributed by atoms with E-state index in [4.69, 9.17) is 9.47 Å². The average molecular weight is 285 g/mol. The number of hydrogen-bond donors (Lipinski definition) is 0. The second-order valence-corrected chi connectivity index (χ2v) is 6.34. The van der Waals surface area contributed by atoms with Crippen LogP contribution in [-0.2, 0) is 19.1 Å². The van der Waals surface area contributed by atoms with Gasteiger partial charge in [0, 0.05) is 6.54 Å². The Kier molecular flexibility index (Phi) is 5.99. The van der Waals surface area contributed by atoms with Gasteiger partial charge in [0.05, 0.1) is 12.5 Å². The molecule has 0 aromatic rings. The first-order valence-electron chi connectivity index (χ1n) is 7.38. The van der Waals surface area contributed by atoms with Gasteiger partial charge in [-0.25, -0.2) is 0 Å². The molecule has 1 fully saturated rings. The summed E-state index contributed by atoms with van der Waals surface area (Å²) in [5, 5.41) is 0. The van der Waals surface area contributed by atoms with Crippen molar-refractivity contribution in [1.82, 2.24) is 4.90 Å². The van der Waals surface area contributed by atoms with Crippen LogP contribution in [0.25, 0.3) is 0 Å². The van der Waals surface area contributed by atoms with Crippen LogP contribution in [0.1, 0.15) is 47.5 Å². The summed E-state index contributed by atoms with van der Waals surface area (Å²) in [6.07, 6.45) is 1.75. The summed E-state index contributed by atoms with van der Waals surface area (Å²) in [5.74, 6) is -0.619. The Morgan fingerprint density at radius 3 is 2.55 bits per heavy atom. The van der Waals surface area contributed by atoms with Gasteiger partial charge in [-0.2, -0.15) is 0 Å². The lowest BCUT2D eigenvalue weighted by Gasteiger charge is -2.28. The molecule has 1 unspecified atom stereocenters. The van der Waals surface area contributed by atoms with Gasteiger partial charge in [0.2, 0.25) is 0 Å². The van der Waals surface area contributed by atoms with Gasteiger partial charge in [-0.3, -0.25) is 14.5 Å². The minimum Gasteiger partial charge on any atom is -0.466 e. The third-order valence-corrected chi connectivity index (χ3v) is 3.24. The average Bonchev–Trinajstić information content (AvgIpc) is 2.75. The molecular weight excluding hydrogens is 258 g/mol. The lowest BCUT2D eigenvalue weighted by atomic mass is 10.1. The quantitative estimate of drug-likeness (QED) is 0.723. The van der Waals surface area contributed by atoms with E-state index in [1.165, 1.54) is 0 Å². The van der Waals surface area contributed by atoms with Crippen LogP contribution in [0, 0.1) is 5.92 Å². The minimum atomic E-state index is -0.474. The van der Waals surface area contributed by atoms with Crippen LogP contribution in [0.2, 0.25) is 0 Å². The largest absolute Gasteiger partial charge is 0.466 e. The third kappa shape index (κ3) is 5.12. The fourth-order valence-electron chi connectivity index (χ4n) is 2.39. The molecule has 1 aliphatic heterocycles. The molecule has 0 radical (unpaired) electrons. The number of hydrogen-bond acceptors (Lipinski definition) is 5. The first-order valence-corrected chi connectivity index (χ1v) is 7.38. The molecule has 0 spiro atoms. The number of carbonyl (C=O) groups is 2. The number of ether oxygens (including phenoxy) is 2. The summed E-state index contributed by atoms with van der Waals surface area (Å²) in [4.78, 5) is 25.9. The summed E-state index contributed by atoms with van der Waals surface area (Å²) in [6.45, 7) is 11.0.